The predicted molar refractivity (Wildman–Crippen MR) is 73.5 cm³/mol. The number of hydrogen-bond acceptors (Lipinski definition) is 6. The first-order valence-electron chi connectivity index (χ1n) is 6.15. The number of furan rings is 1. The molecule has 0 bridgehead atoms. The molecule has 0 aromatic carbocycles. The Labute approximate surface area is 126 Å². The molecule has 0 unspecified atom stereocenters. The van der Waals surface area contributed by atoms with Crippen LogP contribution in [0, 0.1) is 0 Å². The van der Waals surface area contributed by atoms with E-state index in [0.29, 0.717) is 4.68 Å². The third-order valence-corrected chi connectivity index (χ3v) is 2.92. The standard InChI is InChI=1S/C12H9N5O6/c1-16-3-5(13-4-16)10(18)14-9-8-6(17(15-9)12(21)22)2-7(23-8)11(19)20/h2-4H,1H3,(H,19,20)(H,21,22)(H,14,15,18). The summed E-state index contributed by atoms with van der Waals surface area (Å²) in [4.78, 5) is 38.0. The normalized spacial score (nSPS) is 10.8. The molecule has 3 N–H and O–H groups in total. The maximum absolute atomic E-state index is 12.0. The lowest BCUT2D eigenvalue weighted by atomic mass is 10.4. The summed E-state index contributed by atoms with van der Waals surface area (Å²) in [6.07, 6.45) is 1.41. The molecule has 11 heteroatoms. The van der Waals surface area contributed by atoms with Crippen LogP contribution in [0.4, 0.5) is 10.6 Å². The van der Waals surface area contributed by atoms with Gasteiger partial charge in [-0.25, -0.2) is 14.6 Å². The van der Waals surface area contributed by atoms with Gasteiger partial charge in [0.1, 0.15) is 11.2 Å². The Morgan fingerprint density at radius 2 is 2.04 bits per heavy atom. The van der Waals surface area contributed by atoms with Crippen molar-refractivity contribution >= 4 is 34.9 Å². The molecule has 23 heavy (non-hydrogen) atoms. The number of anilines is 1. The maximum Gasteiger partial charge on any atom is 0.432 e. The van der Waals surface area contributed by atoms with Gasteiger partial charge in [-0.3, -0.25) is 4.79 Å². The zero-order chi connectivity index (χ0) is 16.7. The summed E-state index contributed by atoms with van der Waals surface area (Å²) < 4.78 is 7.11. The summed E-state index contributed by atoms with van der Waals surface area (Å²) in [6.45, 7) is 0. The van der Waals surface area contributed by atoms with Crippen molar-refractivity contribution in [2.24, 2.45) is 7.05 Å². The van der Waals surface area contributed by atoms with Gasteiger partial charge in [0, 0.05) is 19.3 Å². The molecule has 0 radical (unpaired) electrons. The third kappa shape index (κ3) is 2.39. The molecule has 0 saturated carbocycles. The number of aromatic carboxylic acids is 1. The average molecular weight is 319 g/mol. The quantitative estimate of drug-likeness (QED) is 0.642. The number of nitrogens with one attached hydrogen (secondary N) is 1. The topological polar surface area (TPSA) is 152 Å². The molecule has 11 nitrogen and oxygen atoms in total. The second kappa shape index (κ2) is 4.98. The molecule has 3 heterocycles. The highest BCUT2D eigenvalue weighted by atomic mass is 16.4. The maximum atomic E-state index is 12.0. The highest BCUT2D eigenvalue weighted by Gasteiger charge is 2.24. The van der Waals surface area contributed by atoms with Crippen molar-refractivity contribution < 1.29 is 29.0 Å². The van der Waals surface area contributed by atoms with Gasteiger partial charge in [-0.05, 0) is 0 Å². The monoisotopic (exact) mass is 319 g/mol. The molecule has 0 saturated heterocycles. The van der Waals surface area contributed by atoms with Gasteiger partial charge >= 0.3 is 12.1 Å². The molecule has 0 atom stereocenters. The van der Waals surface area contributed by atoms with Crippen LogP contribution in [0.15, 0.2) is 23.0 Å². The minimum atomic E-state index is -1.45. The molecule has 1 amide bonds. The summed E-state index contributed by atoms with van der Waals surface area (Å²) in [5, 5.41) is 24.0. The van der Waals surface area contributed by atoms with Crippen LogP contribution in [0.25, 0.3) is 11.1 Å². The number of rotatable bonds is 3. The fourth-order valence-electron chi connectivity index (χ4n) is 1.94. The number of imidazole rings is 1. The van der Waals surface area contributed by atoms with Gasteiger partial charge in [0.05, 0.1) is 6.33 Å². The Balaban J connectivity index is 2.04. The largest absolute Gasteiger partial charge is 0.475 e. The highest BCUT2D eigenvalue weighted by Crippen LogP contribution is 2.27. The lowest BCUT2D eigenvalue weighted by Gasteiger charge is -1.98. The molecule has 0 aliphatic rings. The van der Waals surface area contributed by atoms with E-state index in [4.69, 9.17) is 14.6 Å². The van der Waals surface area contributed by atoms with Crippen LogP contribution >= 0.6 is 0 Å². The fourth-order valence-corrected chi connectivity index (χ4v) is 1.94. The molecular formula is C12H9N5O6. The van der Waals surface area contributed by atoms with E-state index in [1.54, 1.807) is 11.6 Å². The number of carbonyl (C=O) groups is 3. The first-order valence-corrected chi connectivity index (χ1v) is 6.15. The summed E-state index contributed by atoms with van der Waals surface area (Å²) in [7, 11) is 1.67. The number of hydrogen-bond donors (Lipinski definition) is 3. The third-order valence-electron chi connectivity index (χ3n) is 2.92. The molecule has 3 aromatic heterocycles. The molecule has 118 valence electrons. The molecule has 0 spiro atoms. The van der Waals surface area contributed by atoms with Gasteiger partial charge in [-0.1, -0.05) is 0 Å². The number of fused-ring (bicyclic) bond motifs is 1. The highest BCUT2D eigenvalue weighted by molar-refractivity contribution is 6.07. The van der Waals surface area contributed by atoms with Crippen molar-refractivity contribution in [2.75, 3.05) is 5.32 Å². The Morgan fingerprint density at radius 1 is 1.30 bits per heavy atom. The van der Waals surface area contributed by atoms with Crippen molar-refractivity contribution in [1.29, 1.82) is 0 Å². The lowest BCUT2D eigenvalue weighted by molar-refractivity contribution is 0.0665. The summed E-state index contributed by atoms with van der Waals surface area (Å²) in [5.74, 6) is -2.71. The second-order valence-electron chi connectivity index (χ2n) is 4.55. The molecule has 0 fully saturated rings. The Kier molecular flexibility index (Phi) is 3.10. The fraction of sp³-hybridized carbons (Fsp3) is 0.0833. The Bertz CT molecular complexity index is 949. The van der Waals surface area contributed by atoms with Crippen LogP contribution in [0.3, 0.4) is 0 Å². The van der Waals surface area contributed by atoms with Crippen LogP contribution < -0.4 is 5.32 Å². The van der Waals surface area contributed by atoms with Gasteiger partial charge in [0.2, 0.25) is 5.76 Å². The van der Waals surface area contributed by atoms with E-state index in [-0.39, 0.29) is 22.6 Å². The van der Waals surface area contributed by atoms with Gasteiger partial charge in [-0.2, -0.15) is 4.68 Å². The summed E-state index contributed by atoms with van der Waals surface area (Å²) >= 11 is 0. The van der Waals surface area contributed by atoms with Crippen LogP contribution in [-0.4, -0.2) is 47.5 Å². The molecule has 0 aliphatic heterocycles. The smallest absolute Gasteiger partial charge is 0.432 e. The van der Waals surface area contributed by atoms with Crippen LogP contribution in [0.2, 0.25) is 0 Å². The Morgan fingerprint density at radius 3 is 2.61 bits per heavy atom. The number of amides is 1. The molecular weight excluding hydrogens is 310 g/mol. The zero-order valence-corrected chi connectivity index (χ0v) is 11.5. The van der Waals surface area contributed by atoms with Gasteiger partial charge in [-0.15, -0.1) is 5.10 Å². The van der Waals surface area contributed by atoms with E-state index >= 15 is 0 Å². The van der Waals surface area contributed by atoms with E-state index in [1.807, 2.05) is 0 Å². The van der Waals surface area contributed by atoms with Crippen LogP contribution in [-0.2, 0) is 7.05 Å². The Hall–Kier alpha value is -3.63. The van der Waals surface area contributed by atoms with E-state index < -0.39 is 23.7 Å². The molecule has 0 aliphatic carbocycles. The molecule has 3 rings (SSSR count). The SMILES string of the molecule is Cn1cnc(C(=O)Nc2nn(C(=O)O)c3cc(C(=O)O)oc23)c1. The van der Waals surface area contributed by atoms with Crippen molar-refractivity contribution in [3.05, 3.63) is 30.0 Å². The van der Waals surface area contributed by atoms with Crippen molar-refractivity contribution in [3.63, 3.8) is 0 Å². The zero-order valence-electron chi connectivity index (χ0n) is 11.5. The van der Waals surface area contributed by atoms with Crippen LogP contribution in [0.5, 0.6) is 0 Å². The number of aromatic nitrogens is 4. The average Bonchev–Trinajstić information content (AvgIpc) is 3.14. The number of nitrogens with zero attached hydrogens (tertiary/aromatic N) is 4. The first kappa shape index (κ1) is 14.3. The van der Waals surface area contributed by atoms with E-state index in [1.165, 1.54) is 12.5 Å². The summed E-state index contributed by atoms with van der Waals surface area (Å²) in [5.41, 5.74) is -0.171. The van der Waals surface area contributed by atoms with Gasteiger partial charge in [0.15, 0.2) is 11.4 Å². The second-order valence-corrected chi connectivity index (χ2v) is 4.55. The van der Waals surface area contributed by atoms with Gasteiger partial charge in [0.25, 0.3) is 5.91 Å². The minimum Gasteiger partial charge on any atom is -0.475 e. The van der Waals surface area contributed by atoms with E-state index in [2.05, 4.69) is 15.4 Å². The van der Waals surface area contributed by atoms with E-state index in [9.17, 15) is 14.4 Å². The predicted octanol–water partition coefficient (Wildman–Crippen LogP) is 0.839. The number of carboxylic acids is 1. The molecule has 3 aromatic rings. The van der Waals surface area contributed by atoms with Crippen molar-refractivity contribution in [2.45, 2.75) is 0 Å². The van der Waals surface area contributed by atoms with Crippen molar-refractivity contribution in [1.82, 2.24) is 19.3 Å². The number of carbonyl (C=O) groups excluding carboxylic acids is 1. The minimum absolute atomic E-state index is 0.0792. The van der Waals surface area contributed by atoms with Crippen molar-refractivity contribution in [3.8, 4) is 0 Å². The number of carboxylic acid groups (broad SMARTS) is 2. The lowest BCUT2D eigenvalue weighted by Crippen LogP contribution is -2.15. The van der Waals surface area contributed by atoms with Crippen LogP contribution in [0.1, 0.15) is 21.0 Å². The number of aryl methyl sites for hydroxylation is 1. The first-order chi connectivity index (χ1) is 10.9. The summed E-state index contributed by atoms with van der Waals surface area (Å²) in [6, 6.07) is 1.01. The van der Waals surface area contributed by atoms with E-state index in [0.717, 1.165) is 6.07 Å². The van der Waals surface area contributed by atoms with Gasteiger partial charge < -0.3 is 24.5 Å².